The maximum Gasteiger partial charge on any atom is 0.257 e. The monoisotopic (exact) mass is 463 g/mol. The van der Waals surface area contributed by atoms with E-state index in [-0.39, 0.29) is 21.4 Å². The molecule has 1 N–H and O–H groups in total. The molecule has 1 aliphatic heterocycles. The number of nitrogens with one attached hydrogen (secondary N) is 1. The average molecular weight is 464 g/mol. The van der Waals surface area contributed by atoms with Crippen molar-refractivity contribution in [2.75, 3.05) is 31.5 Å². The van der Waals surface area contributed by atoms with E-state index in [9.17, 15) is 18.0 Å². The van der Waals surface area contributed by atoms with Gasteiger partial charge in [0.25, 0.3) is 11.8 Å². The number of para-hydroxylation sites is 1. The molecule has 2 amide bonds. The highest BCUT2D eigenvalue weighted by Gasteiger charge is 2.25. The fourth-order valence-electron chi connectivity index (χ4n) is 3.61. The molecule has 0 saturated carbocycles. The van der Waals surface area contributed by atoms with Crippen LogP contribution in [0.1, 0.15) is 47.4 Å². The third-order valence-electron chi connectivity index (χ3n) is 5.32. The number of likely N-dealkylation sites (tertiary alicyclic amines) is 1. The first-order valence-corrected chi connectivity index (χ1v) is 12.1. The van der Waals surface area contributed by atoms with Crippen LogP contribution < -0.4 is 5.32 Å². The molecule has 0 atom stereocenters. The minimum atomic E-state index is -3.75. The summed E-state index contributed by atoms with van der Waals surface area (Å²) < 4.78 is 27.0. The molecule has 1 aliphatic rings. The molecule has 166 valence electrons. The summed E-state index contributed by atoms with van der Waals surface area (Å²) in [6.45, 7) is 5.51. The molecule has 2 aromatic rings. The Hall–Kier alpha value is -2.42. The van der Waals surface area contributed by atoms with E-state index in [4.69, 9.17) is 11.6 Å². The Bertz CT molecular complexity index is 1080. The van der Waals surface area contributed by atoms with Crippen molar-refractivity contribution in [3.63, 3.8) is 0 Å². The van der Waals surface area contributed by atoms with Gasteiger partial charge in [0.2, 0.25) is 10.0 Å². The number of hydrogen-bond donors (Lipinski definition) is 1. The maximum atomic E-state index is 13.0. The topological polar surface area (TPSA) is 86.8 Å². The van der Waals surface area contributed by atoms with Crippen molar-refractivity contribution in [1.82, 2.24) is 9.21 Å². The molecular formula is C22H26ClN3O4S. The maximum absolute atomic E-state index is 13.0. The highest BCUT2D eigenvalue weighted by atomic mass is 35.5. The number of benzene rings is 2. The zero-order valence-corrected chi connectivity index (χ0v) is 19.2. The van der Waals surface area contributed by atoms with Crippen molar-refractivity contribution in [2.45, 2.75) is 31.6 Å². The fourth-order valence-corrected chi connectivity index (χ4v) is 5.30. The van der Waals surface area contributed by atoms with Crippen molar-refractivity contribution < 1.29 is 18.0 Å². The Morgan fingerprint density at radius 3 is 2.32 bits per heavy atom. The third kappa shape index (κ3) is 4.92. The van der Waals surface area contributed by atoms with E-state index < -0.39 is 15.9 Å². The summed E-state index contributed by atoms with van der Waals surface area (Å²) in [5.41, 5.74) is 0.775. The summed E-state index contributed by atoms with van der Waals surface area (Å²) in [5, 5.41) is 2.85. The van der Waals surface area contributed by atoms with Gasteiger partial charge in [-0.2, -0.15) is 4.31 Å². The predicted molar refractivity (Wildman–Crippen MR) is 121 cm³/mol. The van der Waals surface area contributed by atoms with Crippen LogP contribution in [-0.4, -0.2) is 55.6 Å². The van der Waals surface area contributed by atoms with E-state index in [0.717, 1.165) is 12.8 Å². The lowest BCUT2D eigenvalue weighted by molar-refractivity contribution is 0.0794. The number of hydrogen-bond acceptors (Lipinski definition) is 4. The predicted octanol–water partition coefficient (Wildman–Crippen LogP) is 3.86. The third-order valence-corrected chi connectivity index (χ3v) is 7.70. The van der Waals surface area contributed by atoms with Crippen LogP contribution in [0.2, 0.25) is 5.02 Å². The minimum Gasteiger partial charge on any atom is -0.339 e. The number of sulfonamides is 1. The lowest BCUT2D eigenvalue weighted by Crippen LogP contribution is -2.31. The number of halogens is 1. The molecule has 0 spiro atoms. The van der Waals surface area contributed by atoms with Crippen LogP contribution in [0.3, 0.4) is 0 Å². The first-order chi connectivity index (χ1) is 14.8. The van der Waals surface area contributed by atoms with Crippen LogP contribution in [0.25, 0.3) is 0 Å². The van der Waals surface area contributed by atoms with Crippen LogP contribution in [0, 0.1) is 0 Å². The van der Waals surface area contributed by atoms with Crippen LogP contribution in [0.15, 0.2) is 47.4 Å². The molecule has 1 heterocycles. The van der Waals surface area contributed by atoms with Gasteiger partial charge in [-0.1, -0.05) is 37.6 Å². The first-order valence-electron chi connectivity index (χ1n) is 10.3. The molecular weight excluding hydrogens is 438 g/mol. The SMILES string of the molecule is CCN(CC)S(=O)(=O)c1ccc(Cl)c(C(=O)Nc2ccccc2C(=O)N2CCCC2)c1. The zero-order chi connectivity index (χ0) is 22.6. The largest absolute Gasteiger partial charge is 0.339 e. The Morgan fingerprint density at radius 1 is 1.03 bits per heavy atom. The number of carbonyl (C=O) groups excluding carboxylic acids is 2. The molecule has 31 heavy (non-hydrogen) atoms. The van der Waals surface area contributed by atoms with Crippen molar-refractivity contribution in [3.05, 3.63) is 58.6 Å². The standard InChI is InChI=1S/C22H26ClN3O4S/c1-3-26(4-2)31(29,30)16-11-12-19(23)18(15-16)21(27)24-20-10-6-5-9-17(20)22(28)25-13-7-8-14-25/h5-6,9-12,15H,3-4,7-8,13-14H2,1-2H3,(H,24,27). The summed E-state index contributed by atoms with van der Waals surface area (Å²) in [6, 6.07) is 10.8. The fraction of sp³-hybridized carbons (Fsp3) is 0.364. The molecule has 1 saturated heterocycles. The number of anilines is 1. The van der Waals surface area contributed by atoms with Crippen LogP contribution in [0.4, 0.5) is 5.69 Å². The van der Waals surface area contributed by atoms with Crippen LogP contribution in [-0.2, 0) is 10.0 Å². The Labute approximate surface area is 188 Å². The highest BCUT2D eigenvalue weighted by Crippen LogP contribution is 2.26. The van der Waals surface area contributed by atoms with Gasteiger partial charge in [0.15, 0.2) is 0 Å². The van der Waals surface area contributed by atoms with Gasteiger partial charge in [0.05, 0.1) is 26.7 Å². The molecule has 3 rings (SSSR count). The van der Waals surface area contributed by atoms with Gasteiger partial charge in [0.1, 0.15) is 0 Å². The van der Waals surface area contributed by atoms with E-state index in [1.807, 2.05) is 0 Å². The van der Waals surface area contributed by atoms with Crippen molar-refractivity contribution in [2.24, 2.45) is 0 Å². The van der Waals surface area contributed by atoms with Gasteiger partial charge in [-0.15, -0.1) is 0 Å². The molecule has 1 fully saturated rings. The lowest BCUT2D eigenvalue weighted by atomic mass is 10.1. The smallest absolute Gasteiger partial charge is 0.257 e. The molecule has 2 aromatic carbocycles. The molecule has 0 aliphatic carbocycles. The first kappa shape index (κ1) is 23.2. The van der Waals surface area contributed by atoms with E-state index in [1.165, 1.54) is 22.5 Å². The van der Waals surface area contributed by atoms with Gasteiger partial charge < -0.3 is 10.2 Å². The van der Waals surface area contributed by atoms with Gasteiger partial charge in [-0.05, 0) is 43.2 Å². The quantitative estimate of drug-likeness (QED) is 0.675. The highest BCUT2D eigenvalue weighted by molar-refractivity contribution is 7.89. The summed E-state index contributed by atoms with van der Waals surface area (Å²) in [6.07, 6.45) is 1.92. The normalized spacial score (nSPS) is 14.1. The summed E-state index contributed by atoms with van der Waals surface area (Å²) in [5.74, 6) is -0.722. The second-order valence-corrected chi connectivity index (χ2v) is 9.58. The van der Waals surface area contributed by atoms with E-state index >= 15 is 0 Å². The van der Waals surface area contributed by atoms with E-state index in [2.05, 4.69) is 5.32 Å². The number of carbonyl (C=O) groups is 2. The summed E-state index contributed by atoms with van der Waals surface area (Å²) in [4.78, 5) is 27.6. The summed E-state index contributed by atoms with van der Waals surface area (Å²) >= 11 is 6.22. The van der Waals surface area contributed by atoms with Crippen molar-refractivity contribution in [3.8, 4) is 0 Å². The van der Waals surface area contributed by atoms with Crippen LogP contribution in [0.5, 0.6) is 0 Å². The van der Waals surface area contributed by atoms with Crippen molar-refractivity contribution >= 4 is 39.1 Å². The van der Waals surface area contributed by atoms with E-state index in [0.29, 0.717) is 37.4 Å². The minimum absolute atomic E-state index is 0.00724. The Morgan fingerprint density at radius 2 is 1.68 bits per heavy atom. The average Bonchev–Trinajstić information content (AvgIpc) is 3.29. The zero-order valence-electron chi connectivity index (χ0n) is 17.6. The second-order valence-electron chi connectivity index (χ2n) is 7.23. The van der Waals surface area contributed by atoms with Gasteiger partial charge in [-0.3, -0.25) is 9.59 Å². The van der Waals surface area contributed by atoms with Crippen molar-refractivity contribution in [1.29, 1.82) is 0 Å². The lowest BCUT2D eigenvalue weighted by Gasteiger charge is -2.19. The molecule has 0 aromatic heterocycles. The Balaban J connectivity index is 1.91. The summed E-state index contributed by atoms with van der Waals surface area (Å²) in [7, 11) is -3.75. The molecule has 9 heteroatoms. The number of rotatable bonds is 7. The number of nitrogens with zero attached hydrogens (tertiary/aromatic N) is 2. The molecule has 0 unspecified atom stereocenters. The number of amides is 2. The Kier molecular flexibility index (Phi) is 7.35. The van der Waals surface area contributed by atoms with E-state index in [1.54, 1.807) is 43.0 Å². The molecule has 0 radical (unpaired) electrons. The van der Waals surface area contributed by atoms with Crippen LogP contribution >= 0.6 is 11.6 Å². The molecule has 0 bridgehead atoms. The molecule has 7 nitrogen and oxygen atoms in total. The van der Waals surface area contributed by atoms with Gasteiger partial charge >= 0.3 is 0 Å². The van der Waals surface area contributed by atoms with Gasteiger partial charge in [0, 0.05) is 26.2 Å². The second kappa shape index (κ2) is 9.80. The van der Waals surface area contributed by atoms with Gasteiger partial charge in [-0.25, -0.2) is 8.42 Å².